The summed E-state index contributed by atoms with van der Waals surface area (Å²) in [6.45, 7) is 7.10. The van der Waals surface area contributed by atoms with Gasteiger partial charge in [0.25, 0.3) is 0 Å². The number of hydrogen-bond donors (Lipinski definition) is 3. The maximum atomic E-state index is 12.6. The zero-order valence-corrected chi connectivity index (χ0v) is 18.6. The summed E-state index contributed by atoms with van der Waals surface area (Å²) >= 11 is 1.24. The first-order valence-electron chi connectivity index (χ1n) is 9.43. The van der Waals surface area contributed by atoms with Crippen LogP contribution in [0.4, 0.5) is 10.8 Å². The van der Waals surface area contributed by atoms with E-state index in [1.807, 2.05) is 0 Å². The summed E-state index contributed by atoms with van der Waals surface area (Å²) in [6, 6.07) is 11.6. The lowest BCUT2D eigenvalue weighted by Crippen LogP contribution is -2.28. The normalized spacial score (nSPS) is 11.6. The van der Waals surface area contributed by atoms with Crippen LogP contribution in [0.2, 0.25) is 0 Å². The predicted octanol–water partition coefficient (Wildman–Crippen LogP) is 3.43. The molecule has 0 atom stereocenters. The zero-order valence-electron chi connectivity index (χ0n) is 16.9. The minimum absolute atomic E-state index is 0.0664. The molecule has 0 saturated heterocycles. The lowest BCUT2D eigenvalue weighted by Gasteiger charge is -2.11. The molecule has 0 aliphatic rings. The lowest BCUT2D eigenvalue weighted by atomic mass is 10.3. The SMILES string of the molecule is CC(=O)Nc1nc2ccc(OS(=O)(=O)c3ccc(NCCNC(C)C)cc3)cc2s1. The molecular weight excluding hydrogens is 424 g/mol. The number of nitrogens with one attached hydrogen (secondary N) is 3. The van der Waals surface area contributed by atoms with Gasteiger partial charge in [0.15, 0.2) is 5.13 Å². The fourth-order valence-corrected chi connectivity index (χ4v) is 4.51. The van der Waals surface area contributed by atoms with Gasteiger partial charge < -0.3 is 20.1 Å². The monoisotopic (exact) mass is 448 g/mol. The molecule has 0 radical (unpaired) electrons. The molecule has 3 aromatic rings. The fourth-order valence-electron chi connectivity index (χ4n) is 2.64. The summed E-state index contributed by atoms with van der Waals surface area (Å²) in [5.41, 5.74) is 1.48. The minimum atomic E-state index is -3.97. The molecule has 30 heavy (non-hydrogen) atoms. The van der Waals surface area contributed by atoms with Gasteiger partial charge in [0.1, 0.15) is 10.6 Å². The van der Waals surface area contributed by atoms with E-state index in [-0.39, 0.29) is 16.6 Å². The third-order valence-corrected chi connectivity index (χ3v) is 6.19. The van der Waals surface area contributed by atoms with E-state index in [4.69, 9.17) is 4.18 Å². The van der Waals surface area contributed by atoms with Gasteiger partial charge in [-0.05, 0) is 36.4 Å². The van der Waals surface area contributed by atoms with Gasteiger partial charge >= 0.3 is 10.1 Å². The highest BCUT2D eigenvalue weighted by molar-refractivity contribution is 7.87. The minimum Gasteiger partial charge on any atom is -0.384 e. The number of fused-ring (bicyclic) bond motifs is 1. The van der Waals surface area contributed by atoms with Crippen LogP contribution in [0.25, 0.3) is 10.2 Å². The first kappa shape index (κ1) is 22.0. The Morgan fingerprint density at radius 1 is 1.13 bits per heavy atom. The molecule has 1 amide bonds. The molecule has 0 saturated carbocycles. The van der Waals surface area contributed by atoms with Crippen molar-refractivity contribution >= 4 is 48.4 Å². The number of thiazole rings is 1. The molecule has 1 aromatic heterocycles. The number of carbonyl (C=O) groups is 1. The molecule has 0 unspecified atom stereocenters. The highest BCUT2D eigenvalue weighted by Crippen LogP contribution is 2.30. The van der Waals surface area contributed by atoms with Crippen molar-refractivity contribution < 1.29 is 17.4 Å². The topological polar surface area (TPSA) is 109 Å². The number of carbonyl (C=O) groups excluding carboxylic acids is 1. The van der Waals surface area contributed by atoms with Crippen LogP contribution in [-0.2, 0) is 14.9 Å². The Labute approximate surface area is 179 Å². The van der Waals surface area contributed by atoms with Crippen LogP contribution in [-0.4, -0.2) is 38.4 Å². The van der Waals surface area contributed by atoms with Gasteiger partial charge in [0.05, 0.1) is 10.2 Å². The van der Waals surface area contributed by atoms with Crippen molar-refractivity contribution in [3.8, 4) is 5.75 Å². The molecule has 1 heterocycles. The maximum Gasteiger partial charge on any atom is 0.339 e. The molecule has 8 nitrogen and oxygen atoms in total. The quantitative estimate of drug-likeness (QED) is 0.340. The van der Waals surface area contributed by atoms with Gasteiger partial charge in [0, 0.05) is 37.8 Å². The van der Waals surface area contributed by atoms with Crippen molar-refractivity contribution in [1.82, 2.24) is 10.3 Å². The fraction of sp³-hybridized carbons (Fsp3) is 0.300. The summed E-state index contributed by atoms with van der Waals surface area (Å²) in [5.74, 6) is -0.0373. The number of anilines is 2. The number of amides is 1. The number of benzene rings is 2. The van der Waals surface area contributed by atoms with E-state index in [0.29, 0.717) is 21.4 Å². The van der Waals surface area contributed by atoms with Gasteiger partial charge in [-0.15, -0.1) is 0 Å². The molecule has 0 bridgehead atoms. The molecule has 0 spiro atoms. The maximum absolute atomic E-state index is 12.6. The Morgan fingerprint density at radius 3 is 2.53 bits per heavy atom. The molecule has 2 aromatic carbocycles. The van der Waals surface area contributed by atoms with Crippen LogP contribution >= 0.6 is 11.3 Å². The van der Waals surface area contributed by atoms with Gasteiger partial charge in [-0.3, -0.25) is 4.79 Å². The molecule has 0 fully saturated rings. The van der Waals surface area contributed by atoms with E-state index in [0.717, 1.165) is 18.8 Å². The summed E-state index contributed by atoms with van der Waals surface area (Å²) in [7, 11) is -3.97. The highest BCUT2D eigenvalue weighted by atomic mass is 32.2. The van der Waals surface area contributed by atoms with Gasteiger partial charge in [-0.1, -0.05) is 25.2 Å². The Bertz CT molecular complexity index is 1130. The molecule has 0 aliphatic heterocycles. The average Bonchev–Trinajstić information content (AvgIpc) is 3.06. The Kier molecular flexibility index (Phi) is 6.91. The van der Waals surface area contributed by atoms with Crippen LogP contribution in [0.5, 0.6) is 5.75 Å². The van der Waals surface area contributed by atoms with Gasteiger partial charge in [0.2, 0.25) is 5.91 Å². The van der Waals surface area contributed by atoms with E-state index >= 15 is 0 Å². The van der Waals surface area contributed by atoms with Crippen molar-refractivity contribution in [2.75, 3.05) is 23.7 Å². The first-order chi connectivity index (χ1) is 14.2. The second-order valence-corrected chi connectivity index (χ2v) is 9.50. The summed E-state index contributed by atoms with van der Waals surface area (Å²) < 4.78 is 31.2. The number of nitrogens with zero attached hydrogens (tertiary/aromatic N) is 1. The zero-order chi connectivity index (χ0) is 21.7. The van der Waals surface area contributed by atoms with E-state index in [2.05, 4.69) is 34.8 Å². The average molecular weight is 449 g/mol. The smallest absolute Gasteiger partial charge is 0.339 e. The third-order valence-electron chi connectivity index (χ3n) is 4.00. The number of rotatable bonds is 9. The van der Waals surface area contributed by atoms with Gasteiger partial charge in [-0.2, -0.15) is 8.42 Å². The van der Waals surface area contributed by atoms with Gasteiger partial charge in [-0.25, -0.2) is 4.98 Å². The Morgan fingerprint density at radius 2 is 1.87 bits per heavy atom. The second-order valence-electron chi connectivity index (χ2n) is 6.93. The number of hydrogen-bond acceptors (Lipinski definition) is 8. The van der Waals surface area contributed by atoms with E-state index in [1.165, 1.54) is 36.5 Å². The van der Waals surface area contributed by atoms with Crippen LogP contribution in [0.15, 0.2) is 47.4 Å². The van der Waals surface area contributed by atoms with E-state index in [1.54, 1.807) is 24.3 Å². The highest BCUT2D eigenvalue weighted by Gasteiger charge is 2.17. The Balaban J connectivity index is 1.67. The predicted molar refractivity (Wildman–Crippen MR) is 120 cm³/mol. The summed E-state index contributed by atoms with van der Waals surface area (Å²) in [4.78, 5) is 15.5. The van der Waals surface area contributed by atoms with Crippen molar-refractivity contribution in [2.45, 2.75) is 31.7 Å². The largest absolute Gasteiger partial charge is 0.384 e. The third kappa shape index (κ3) is 5.91. The first-order valence-corrected chi connectivity index (χ1v) is 11.7. The molecule has 3 N–H and O–H groups in total. The number of aromatic nitrogens is 1. The van der Waals surface area contributed by atoms with Crippen molar-refractivity contribution in [2.24, 2.45) is 0 Å². The molecule has 3 rings (SSSR count). The Hall–Kier alpha value is -2.69. The van der Waals surface area contributed by atoms with E-state index in [9.17, 15) is 13.2 Å². The summed E-state index contributed by atoms with van der Waals surface area (Å²) in [6.07, 6.45) is 0. The molecule has 10 heteroatoms. The molecule has 0 aliphatic carbocycles. The molecular formula is C20H24N4O4S2. The van der Waals surface area contributed by atoms with Crippen molar-refractivity contribution in [3.05, 3.63) is 42.5 Å². The second kappa shape index (κ2) is 9.41. The van der Waals surface area contributed by atoms with Crippen LogP contribution in [0.3, 0.4) is 0 Å². The van der Waals surface area contributed by atoms with Crippen molar-refractivity contribution in [1.29, 1.82) is 0 Å². The van der Waals surface area contributed by atoms with E-state index < -0.39 is 10.1 Å². The standard InChI is InChI=1S/C20H24N4O4S2/c1-13(2)21-10-11-22-15-4-7-17(8-5-15)30(26,27)28-16-6-9-18-19(12-16)29-20(24-18)23-14(3)25/h4-9,12-13,21-22H,10-11H2,1-3H3,(H,23,24,25). The van der Waals surface area contributed by atoms with Crippen LogP contribution in [0, 0.1) is 0 Å². The van der Waals surface area contributed by atoms with Crippen LogP contribution in [0.1, 0.15) is 20.8 Å². The molecule has 160 valence electrons. The van der Waals surface area contributed by atoms with Crippen molar-refractivity contribution in [3.63, 3.8) is 0 Å². The van der Waals surface area contributed by atoms with Crippen LogP contribution < -0.4 is 20.1 Å². The lowest BCUT2D eigenvalue weighted by molar-refractivity contribution is -0.114. The summed E-state index contributed by atoms with van der Waals surface area (Å²) in [5, 5.41) is 9.59.